The van der Waals surface area contributed by atoms with E-state index in [0.717, 1.165) is 61.7 Å². The molecular formula is C18H30N4O2S2. The number of guanidine groups is 1. The van der Waals surface area contributed by atoms with Gasteiger partial charge in [0.05, 0.1) is 21.2 Å². The summed E-state index contributed by atoms with van der Waals surface area (Å²) in [7, 11) is -1.24. The molecule has 0 unspecified atom stereocenters. The Bertz CT molecular complexity index is 764. The van der Waals surface area contributed by atoms with E-state index < -0.39 is 14.6 Å². The number of aromatic nitrogens is 1. The molecular weight excluding hydrogens is 368 g/mol. The molecule has 0 radical (unpaired) electrons. The molecule has 6 nitrogen and oxygen atoms in total. The standard InChI is InChI=1S/C18H30N4O2S2/c1-14-16(25-15(2)21-14)7-10-20-17(19-3)22-11-12-26(23,24)18(13-22)8-5-4-6-9-18/h4-13H2,1-3H3,(H,19,20). The van der Waals surface area contributed by atoms with Crippen LogP contribution >= 0.6 is 11.3 Å². The van der Waals surface area contributed by atoms with Crippen molar-refractivity contribution in [2.24, 2.45) is 4.99 Å². The molecule has 3 rings (SSSR count). The number of sulfone groups is 1. The third kappa shape index (κ3) is 3.91. The van der Waals surface area contributed by atoms with Crippen LogP contribution in [0.5, 0.6) is 0 Å². The van der Waals surface area contributed by atoms with E-state index in [2.05, 4.69) is 27.1 Å². The third-order valence-corrected chi connectivity index (χ3v) is 9.39. The summed E-state index contributed by atoms with van der Waals surface area (Å²) >= 11 is 1.74. The molecule has 1 aliphatic heterocycles. The zero-order chi connectivity index (χ0) is 18.8. The van der Waals surface area contributed by atoms with Gasteiger partial charge in [-0.3, -0.25) is 4.99 Å². The summed E-state index contributed by atoms with van der Waals surface area (Å²) in [5.74, 6) is 1.06. The molecule has 1 aromatic heterocycles. The topological polar surface area (TPSA) is 74.7 Å². The van der Waals surface area contributed by atoms with E-state index in [0.29, 0.717) is 13.1 Å². The Labute approximate surface area is 161 Å². The van der Waals surface area contributed by atoms with Crippen LogP contribution in [0.3, 0.4) is 0 Å². The lowest BCUT2D eigenvalue weighted by atomic mass is 9.87. The number of aryl methyl sites for hydroxylation is 2. The molecule has 1 spiro atoms. The highest BCUT2D eigenvalue weighted by Gasteiger charge is 2.48. The van der Waals surface area contributed by atoms with Crippen molar-refractivity contribution in [3.8, 4) is 0 Å². The van der Waals surface area contributed by atoms with Crippen molar-refractivity contribution in [2.45, 2.75) is 57.1 Å². The number of rotatable bonds is 3. The van der Waals surface area contributed by atoms with Crippen molar-refractivity contribution in [3.05, 3.63) is 15.6 Å². The van der Waals surface area contributed by atoms with E-state index in [-0.39, 0.29) is 5.75 Å². The van der Waals surface area contributed by atoms with E-state index in [1.807, 2.05) is 6.92 Å². The average molecular weight is 399 g/mol. The molecule has 146 valence electrons. The van der Waals surface area contributed by atoms with Gasteiger partial charge in [-0.15, -0.1) is 11.3 Å². The van der Waals surface area contributed by atoms with Crippen LogP contribution in [0.25, 0.3) is 0 Å². The van der Waals surface area contributed by atoms with E-state index in [1.54, 1.807) is 18.4 Å². The van der Waals surface area contributed by atoms with Gasteiger partial charge in [-0.05, 0) is 26.7 Å². The van der Waals surface area contributed by atoms with E-state index >= 15 is 0 Å². The van der Waals surface area contributed by atoms with Crippen LogP contribution in [-0.2, 0) is 16.3 Å². The van der Waals surface area contributed by atoms with Crippen LogP contribution in [-0.4, -0.2) is 61.4 Å². The zero-order valence-electron chi connectivity index (χ0n) is 16.0. The molecule has 0 bridgehead atoms. The minimum Gasteiger partial charge on any atom is -0.356 e. The van der Waals surface area contributed by atoms with Crippen LogP contribution in [0.2, 0.25) is 0 Å². The first-order valence-electron chi connectivity index (χ1n) is 9.48. The predicted octanol–water partition coefficient (Wildman–Crippen LogP) is 2.31. The Morgan fingerprint density at radius 3 is 2.65 bits per heavy atom. The van der Waals surface area contributed by atoms with Crippen molar-refractivity contribution in [3.63, 3.8) is 0 Å². The van der Waals surface area contributed by atoms with Crippen molar-refractivity contribution in [1.29, 1.82) is 0 Å². The van der Waals surface area contributed by atoms with Gasteiger partial charge in [-0.1, -0.05) is 19.3 Å². The minimum atomic E-state index is -3.02. The summed E-state index contributed by atoms with van der Waals surface area (Å²) < 4.78 is 25.0. The molecule has 0 aromatic carbocycles. The van der Waals surface area contributed by atoms with Crippen molar-refractivity contribution in [1.82, 2.24) is 15.2 Å². The second-order valence-electron chi connectivity index (χ2n) is 7.45. The first-order valence-corrected chi connectivity index (χ1v) is 11.9. The highest BCUT2D eigenvalue weighted by Crippen LogP contribution is 2.38. The molecule has 1 saturated heterocycles. The summed E-state index contributed by atoms with van der Waals surface area (Å²) in [5, 5.41) is 4.53. The van der Waals surface area contributed by atoms with E-state index in [9.17, 15) is 8.42 Å². The Kier molecular flexibility index (Phi) is 5.91. The summed E-state index contributed by atoms with van der Waals surface area (Å²) in [5.41, 5.74) is 1.11. The van der Waals surface area contributed by atoms with Crippen molar-refractivity contribution < 1.29 is 8.42 Å². The highest BCUT2D eigenvalue weighted by molar-refractivity contribution is 7.92. The zero-order valence-corrected chi connectivity index (χ0v) is 17.7. The van der Waals surface area contributed by atoms with Gasteiger partial charge in [0.15, 0.2) is 15.8 Å². The van der Waals surface area contributed by atoms with Gasteiger partial charge in [-0.25, -0.2) is 13.4 Å². The third-order valence-electron chi connectivity index (χ3n) is 5.68. The van der Waals surface area contributed by atoms with Crippen molar-refractivity contribution >= 4 is 27.1 Å². The van der Waals surface area contributed by atoms with Gasteiger partial charge in [-0.2, -0.15) is 0 Å². The molecule has 2 fully saturated rings. The summed E-state index contributed by atoms with van der Waals surface area (Å²) in [6, 6.07) is 0. The fourth-order valence-electron chi connectivity index (χ4n) is 4.24. The van der Waals surface area contributed by atoms with Crippen molar-refractivity contribution in [2.75, 3.05) is 32.4 Å². The van der Waals surface area contributed by atoms with Crippen LogP contribution in [0.4, 0.5) is 0 Å². The number of hydrogen-bond donors (Lipinski definition) is 1. The van der Waals surface area contributed by atoms with Crippen LogP contribution in [0.1, 0.15) is 47.7 Å². The van der Waals surface area contributed by atoms with Gasteiger partial charge >= 0.3 is 0 Å². The molecule has 8 heteroatoms. The van der Waals surface area contributed by atoms with Crippen LogP contribution in [0, 0.1) is 13.8 Å². The first kappa shape index (κ1) is 19.6. The maximum absolute atomic E-state index is 12.8. The molecule has 1 N–H and O–H groups in total. The van der Waals surface area contributed by atoms with Crippen LogP contribution in [0.15, 0.2) is 4.99 Å². The Morgan fingerprint density at radius 2 is 2.04 bits per heavy atom. The predicted molar refractivity (Wildman–Crippen MR) is 108 cm³/mol. The normalized spacial score (nSPS) is 22.6. The lowest BCUT2D eigenvalue weighted by Crippen LogP contribution is -2.60. The molecule has 0 amide bonds. The quantitative estimate of drug-likeness (QED) is 0.625. The van der Waals surface area contributed by atoms with E-state index in [4.69, 9.17) is 0 Å². The number of nitrogens with one attached hydrogen (secondary N) is 1. The molecule has 1 aliphatic carbocycles. The molecule has 2 aliphatic rings. The molecule has 2 heterocycles. The molecule has 26 heavy (non-hydrogen) atoms. The van der Waals surface area contributed by atoms with E-state index in [1.165, 1.54) is 4.88 Å². The first-order chi connectivity index (χ1) is 12.4. The van der Waals surface area contributed by atoms with Gasteiger partial charge in [0.2, 0.25) is 0 Å². The number of hydrogen-bond acceptors (Lipinski definition) is 5. The second kappa shape index (κ2) is 7.84. The smallest absolute Gasteiger partial charge is 0.193 e. The number of aliphatic imine (C=N–C) groups is 1. The molecule has 1 aromatic rings. The summed E-state index contributed by atoms with van der Waals surface area (Å²) in [4.78, 5) is 12.3. The van der Waals surface area contributed by atoms with Gasteiger partial charge in [0.1, 0.15) is 0 Å². The Hall–Kier alpha value is -1.15. The lowest BCUT2D eigenvalue weighted by molar-refractivity contribution is 0.274. The number of thiazole rings is 1. The Morgan fingerprint density at radius 1 is 1.31 bits per heavy atom. The number of nitrogens with zero attached hydrogens (tertiary/aromatic N) is 3. The summed E-state index contributed by atoms with van der Waals surface area (Å²) in [6.45, 7) is 5.98. The second-order valence-corrected chi connectivity index (χ2v) is 11.2. The highest BCUT2D eigenvalue weighted by atomic mass is 32.2. The average Bonchev–Trinajstić information content (AvgIpc) is 2.93. The van der Waals surface area contributed by atoms with Crippen LogP contribution < -0.4 is 5.32 Å². The fraction of sp³-hybridized carbons (Fsp3) is 0.778. The molecule has 1 saturated carbocycles. The van der Waals surface area contributed by atoms with Gasteiger partial charge < -0.3 is 10.2 Å². The fourth-order valence-corrected chi connectivity index (χ4v) is 7.34. The maximum Gasteiger partial charge on any atom is 0.193 e. The summed E-state index contributed by atoms with van der Waals surface area (Å²) in [6.07, 6.45) is 5.68. The largest absolute Gasteiger partial charge is 0.356 e. The lowest BCUT2D eigenvalue weighted by Gasteiger charge is -2.45. The Balaban J connectivity index is 1.64. The van der Waals surface area contributed by atoms with Gasteiger partial charge in [0.25, 0.3) is 0 Å². The molecule has 0 atom stereocenters. The maximum atomic E-state index is 12.8. The SMILES string of the molecule is CN=C(NCCc1sc(C)nc1C)N1CCS(=O)(=O)C2(CCCCC2)C1. The minimum absolute atomic E-state index is 0.237. The van der Waals surface area contributed by atoms with Gasteiger partial charge in [0, 0.05) is 38.0 Å². The monoisotopic (exact) mass is 398 g/mol.